The molecule has 1 aromatic heterocycles. The van der Waals surface area contributed by atoms with Crippen molar-refractivity contribution in [1.29, 1.82) is 0 Å². The van der Waals surface area contributed by atoms with E-state index in [1.165, 1.54) is 4.57 Å². The summed E-state index contributed by atoms with van der Waals surface area (Å²) in [5, 5.41) is 0.982. The summed E-state index contributed by atoms with van der Waals surface area (Å²) in [5.41, 5.74) is 1.32. The van der Waals surface area contributed by atoms with Crippen LogP contribution in [0, 0.1) is 0 Å². The Bertz CT molecular complexity index is 1120. The number of rotatable bonds is 10. The van der Waals surface area contributed by atoms with Gasteiger partial charge in [-0.3, -0.25) is 14.2 Å². The topological polar surface area (TPSA) is 73.7 Å². The van der Waals surface area contributed by atoms with Crippen molar-refractivity contribution < 1.29 is 14.3 Å². The first-order chi connectivity index (χ1) is 15.4. The molecule has 3 rings (SSSR count). The Hall–Kier alpha value is -2.74. The van der Waals surface area contributed by atoms with Crippen molar-refractivity contribution in [3.8, 4) is 0 Å². The van der Waals surface area contributed by atoms with E-state index in [4.69, 9.17) is 21.1 Å². The molecule has 170 valence electrons. The molecule has 0 spiro atoms. The first kappa shape index (κ1) is 23.9. The zero-order chi connectivity index (χ0) is 23.1. The summed E-state index contributed by atoms with van der Waals surface area (Å²) in [6, 6.07) is 14.2. The van der Waals surface area contributed by atoms with Crippen LogP contribution >= 0.6 is 11.6 Å². The lowest BCUT2D eigenvalue weighted by molar-refractivity contribution is -0.139. The normalized spacial score (nSPS) is 12.1. The Balaban J connectivity index is 1.83. The van der Waals surface area contributed by atoms with Crippen LogP contribution in [-0.4, -0.2) is 47.2 Å². The average Bonchev–Trinajstić information content (AvgIpc) is 2.79. The van der Waals surface area contributed by atoms with E-state index in [1.807, 2.05) is 37.3 Å². The van der Waals surface area contributed by atoms with Gasteiger partial charge in [0.05, 0.1) is 23.6 Å². The fraction of sp³-hybridized carbons (Fsp3) is 0.375. The average molecular weight is 458 g/mol. The summed E-state index contributed by atoms with van der Waals surface area (Å²) >= 11 is 6.10. The van der Waals surface area contributed by atoms with Crippen molar-refractivity contribution in [1.82, 2.24) is 14.5 Å². The van der Waals surface area contributed by atoms with E-state index in [0.717, 1.165) is 5.56 Å². The van der Waals surface area contributed by atoms with E-state index in [1.54, 1.807) is 37.3 Å². The van der Waals surface area contributed by atoms with Crippen LogP contribution in [0.5, 0.6) is 0 Å². The van der Waals surface area contributed by atoms with Gasteiger partial charge in [0.25, 0.3) is 5.56 Å². The van der Waals surface area contributed by atoms with E-state index in [2.05, 4.69) is 4.98 Å². The molecule has 0 saturated carbocycles. The molecule has 8 heteroatoms. The quantitative estimate of drug-likeness (QED) is 0.434. The molecule has 0 aliphatic carbocycles. The van der Waals surface area contributed by atoms with E-state index >= 15 is 0 Å². The van der Waals surface area contributed by atoms with Crippen LogP contribution in [0.3, 0.4) is 0 Å². The maximum Gasteiger partial charge on any atom is 0.261 e. The zero-order valence-electron chi connectivity index (χ0n) is 18.6. The second kappa shape index (κ2) is 11.2. The number of amides is 1. The van der Waals surface area contributed by atoms with E-state index in [0.29, 0.717) is 47.9 Å². The zero-order valence-corrected chi connectivity index (χ0v) is 19.3. The van der Waals surface area contributed by atoms with Crippen LogP contribution in [0.1, 0.15) is 30.8 Å². The fourth-order valence-corrected chi connectivity index (χ4v) is 3.77. The van der Waals surface area contributed by atoms with Gasteiger partial charge < -0.3 is 14.4 Å². The number of methoxy groups -OCH3 is 1. The lowest BCUT2D eigenvalue weighted by atomic mass is 10.2. The lowest BCUT2D eigenvalue weighted by Gasteiger charge is -2.30. The summed E-state index contributed by atoms with van der Waals surface area (Å²) in [5.74, 6) is 0.309. The van der Waals surface area contributed by atoms with Gasteiger partial charge in [0, 0.05) is 32.3 Å². The SMILES string of the molecule is COCCCN(C(=O)COCc1ccccc1)C(C)c1nc2cc(Cl)ccc2c(=O)n1C. The summed E-state index contributed by atoms with van der Waals surface area (Å²) in [6.07, 6.45) is 0.651. The molecule has 0 aliphatic rings. The summed E-state index contributed by atoms with van der Waals surface area (Å²) in [4.78, 5) is 32.3. The third kappa shape index (κ3) is 5.73. The van der Waals surface area contributed by atoms with Crippen molar-refractivity contribution in [2.24, 2.45) is 7.05 Å². The Morgan fingerprint density at radius 3 is 2.69 bits per heavy atom. The molecule has 1 amide bonds. The molecule has 1 unspecified atom stereocenters. The van der Waals surface area contributed by atoms with Crippen molar-refractivity contribution in [2.45, 2.75) is 26.0 Å². The molecule has 2 aromatic carbocycles. The van der Waals surface area contributed by atoms with Crippen LogP contribution in [0.2, 0.25) is 5.02 Å². The molecular weight excluding hydrogens is 430 g/mol. The van der Waals surface area contributed by atoms with Gasteiger partial charge in [-0.2, -0.15) is 0 Å². The molecular formula is C24H28ClN3O4. The van der Waals surface area contributed by atoms with Crippen LogP contribution in [-0.2, 0) is 27.9 Å². The Kier molecular flexibility index (Phi) is 8.39. The third-order valence-corrected chi connectivity index (χ3v) is 5.55. The number of carbonyl (C=O) groups excluding carboxylic acids is 1. The predicted molar refractivity (Wildman–Crippen MR) is 125 cm³/mol. The molecule has 0 bridgehead atoms. The van der Waals surface area contributed by atoms with Crippen LogP contribution in [0.25, 0.3) is 10.9 Å². The molecule has 32 heavy (non-hydrogen) atoms. The number of aromatic nitrogens is 2. The highest BCUT2D eigenvalue weighted by molar-refractivity contribution is 6.31. The minimum Gasteiger partial charge on any atom is -0.385 e. The van der Waals surface area contributed by atoms with Gasteiger partial charge in [-0.25, -0.2) is 4.98 Å². The van der Waals surface area contributed by atoms with Crippen molar-refractivity contribution in [3.63, 3.8) is 0 Å². The number of nitrogens with zero attached hydrogens (tertiary/aromatic N) is 3. The standard InChI is InChI=1S/C24H28ClN3O4/c1-17(23-26-21-14-19(25)10-11-20(21)24(30)27(23)2)28(12-7-13-31-3)22(29)16-32-15-18-8-5-4-6-9-18/h4-6,8-11,14,17H,7,12-13,15-16H2,1-3H3. The monoisotopic (exact) mass is 457 g/mol. The van der Waals surface area contributed by atoms with E-state index in [9.17, 15) is 9.59 Å². The van der Waals surface area contributed by atoms with Crippen LogP contribution in [0.15, 0.2) is 53.3 Å². The second-order valence-corrected chi connectivity index (χ2v) is 8.02. The van der Waals surface area contributed by atoms with Gasteiger partial charge in [0.2, 0.25) is 5.91 Å². The summed E-state index contributed by atoms with van der Waals surface area (Å²) in [6.45, 7) is 3.10. The third-order valence-electron chi connectivity index (χ3n) is 5.32. The maximum absolute atomic E-state index is 13.1. The fourth-order valence-electron chi connectivity index (χ4n) is 3.60. The van der Waals surface area contributed by atoms with Gasteiger partial charge in [-0.1, -0.05) is 41.9 Å². The largest absolute Gasteiger partial charge is 0.385 e. The van der Waals surface area contributed by atoms with Crippen molar-refractivity contribution in [3.05, 3.63) is 75.3 Å². The Morgan fingerprint density at radius 1 is 1.22 bits per heavy atom. The number of fused-ring (bicyclic) bond motifs is 1. The number of ether oxygens (including phenoxy) is 2. The molecule has 7 nitrogen and oxygen atoms in total. The van der Waals surface area contributed by atoms with Gasteiger partial charge in [-0.15, -0.1) is 0 Å². The van der Waals surface area contributed by atoms with Crippen molar-refractivity contribution in [2.75, 3.05) is 26.9 Å². The molecule has 1 atom stereocenters. The lowest BCUT2D eigenvalue weighted by Crippen LogP contribution is -2.40. The maximum atomic E-state index is 13.1. The molecule has 3 aromatic rings. The highest BCUT2D eigenvalue weighted by Crippen LogP contribution is 2.22. The van der Waals surface area contributed by atoms with Gasteiger partial charge in [-0.05, 0) is 37.1 Å². The molecule has 0 N–H and O–H groups in total. The number of hydrogen-bond donors (Lipinski definition) is 0. The molecule has 0 aliphatic heterocycles. The summed E-state index contributed by atoms with van der Waals surface area (Å²) < 4.78 is 12.3. The van der Waals surface area contributed by atoms with E-state index in [-0.39, 0.29) is 18.1 Å². The highest BCUT2D eigenvalue weighted by Gasteiger charge is 2.25. The predicted octanol–water partition coefficient (Wildman–Crippen LogP) is 3.73. The molecule has 0 radical (unpaired) electrons. The highest BCUT2D eigenvalue weighted by atomic mass is 35.5. The first-order valence-electron chi connectivity index (χ1n) is 10.5. The smallest absolute Gasteiger partial charge is 0.261 e. The number of carbonyl (C=O) groups is 1. The molecule has 0 fully saturated rings. The van der Waals surface area contributed by atoms with Crippen LogP contribution < -0.4 is 5.56 Å². The molecule has 0 saturated heterocycles. The van der Waals surface area contributed by atoms with Gasteiger partial charge in [0.15, 0.2) is 0 Å². The number of benzene rings is 2. The number of halogens is 1. The Morgan fingerprint density at radius 2 is 1.97 bits per heavy atom. The minimum absolute atomic E-state index is 0.0699. The number of hydrogen-bond acceptors (Lipinski definition) is 5. The van der Waals surface area contributed by atoms with Gasteiger partial charge in [0.1, 0.15) is 12.4 Å². The first-order valence-corrected chi connectivity index (χ1v) is 10.9. The summed E-state index contributed by atoms with van der Waals surface area (Å²) in [7, 11) is 3.29. The Labute approximate surface area is 192 Å². The minimum atomic E-state index is -0.444. The second-order valence-electron chi connectivity index (χ2n) is 7.58. The van der Waals surface area contributed by atoms with Crippen molar-refractivity contribution >= 4 is 28.4 Å². The van der Waals surface area contributed by atoms with Gasteiger partial charge >= 0.3 is 0 Å². The molecule has 1 heterocycles. The van der Waals surface area contributed by atoms with E-state index < -0.39 is 6.04 Å². The van der Waals surface area contributed by atoms with Crippen LogP contribution in [0.4, 0.5) is 0 Å².